The standard InChI is InChI=1S/C12H8Cl2FNO2.C12H9ClFNO3.C10H16O5.C6H5ClFN.Cl3OP/c1-2-18-12(17)7-5-16-10-4-9(15)8(13)3-6(10)11(7)14;1-2-18-12(17)7-5-15-10-4-9(14)8(13)3-6(10)11(7)16;1-4-13-7-8(9(11)14-5-2)10(12)15-6-3;7-5-2-1-4(9)3-6(5)8;1-5(2,3)4/h3-5H,2H2,1H3;3-5H,2H2,1H3,(H,15,16);7H,4-6H2,1-3H3;1-3H,9H2;. The number of nitrogens with zero attached hydrogens (tertiary/aromatic N) is 1. The molecule has 14 nitrogen and oxygen atoms in total. The first-order chi connectivity index (χ1) is 30.4. The largest absolute Gasteiger partial charge is 0.500 e. The van der Waals surface area contributed by atoms with Crippen LogP contribution in [0.3, 0.4) is 0 Å². The highest BCUT2D eigenvalue weighted by Crippen LogP contribution is 2.61. The molecule has 0 unspecified atom stereocenters. The normalized spacial score (nSPS) is 10.2. The van der Waals surface area contributed by atoms with Crippen LogP contribution >= 0.6 is 85.3 Å². The summed E-state index contributed by atoms with van der Waals surface area (Å²) in [5.74, 6) is -4.45. The maximum absolute atomic E-state index is 13.3. The fourth-order valence-corrected chi connectivity index (χ4v) is 5.08. The molecule has 0 bridgehead atoms. The Labute approximate surface area is 404 Å². The zero-order valence-electron chi connectivity index (χ0n) is 34.6. The van der Waals surface area contributed by atoms with Gasteiger partial charge in [0.1, 0.15) is 29.3 Å². The van der Waals surface area contributed by atoms with Crippen LogP contribution in [0.4, 0.5) is 18.9 Å². The topological polar surface area (TPSA) is 203 Å². The molecule has 0 aliphatic heterocycles. The van der Waals surface area contributed by atoms with E-state index < -0.39 is 52.0 Å². The summed E-state index contributed by atoms with van der Waals surface area (Å²) >= 11 is 36.6. The second-order valence-corrected chi connectivity index (χ2v) is 19.8. The Kier molecular flexibility index (Phi) is 26.3. The maximum Gasteiger partial charge on any atom is 0.348 e. The maximum atomic E-state index is 13.3. The van der Waals surface area contributed by atoms with Crippen molar-refractivity contribution in [2.24, 2.45) is 0 Å². The smallest absolute Gasteiger partial charge is 0.348 e. The molecule has 0 radical (unpaired) electrons. The van der Waals surface area contributed by atoms with Gasteiger partial charge < -0.3 is 34.4 Å². The molecule has 0 amide bonds. The van der Waals surface area contributed by atoms with Gasteiger partial charge in [-0.15, -0.1) is 0 Å². The number of esters is 4. The molecule has 2 heterocycles. The summed E-state index contributed by atoms with van der Waals surface area (Å²) in [6, 6.07) is 8.95. The molecule has 0 spiro atoms. The van der Waals surface area contributed by atoms with Gasteiger partial charge in [-0.3, -0.25) is 14.3 Å². The molecule has 25 heteroatoms. The molecule has 3 aromatic carbocycles. The molecule has 0 saturated carbocycles. The number of pyridine rings is 2. The Morgan fingerprint density at radius 2 is 1.17 bits per heavy atom. The number of nitrogen functional groups attached to an aromatic ring is 1. The van der Waals surface area contributed by atoms with Gasteiger partial charge in [0.05, 0.1) is 69.7 Å². The highest BCUT2D eigenvalue weighted by Gasteiger charge is 2.22. The fraction of sp³-hybridized carbons (Fsp3) is 0.250. The van der Waals surface area contributed by atoms with Gasteiger partial charge in [-0.2, -0.15) is 0 Å². The van der Waals surface area contributed by atoms with E-state index in [0.717, 1.165) is 12.3 Å². The molecule has 2 aromatic heterocycles. The van der Waals surface area contributed by atoms with E-state index in [-0.39, 0.29) is 74.1 Å². The predicted molar refractivity (Wildman–Crippen MR) is 247 cm³/mol. The third-order valence-electron chi connectivity index (χ3n) is 7.06. The number of carbonyl (C=O) groups excluding carboxylic acids is 4. The molecule has 5 rings (SSSR count). The number of anilines is 1. The van der Waals surface area contributed by atoms with Gasteiger partial charge in [0.25, 0.3) is 0 Å². The van der Waals surface area contributed by atoms with Crippen LogP contribution in [-0.2, 0) is 37.8 Å². The van der Waals surface area contributed by atoms with Crippen LogP contribution in [0.25, 0.3) is 21.8 Å². The summed E-state index contributed by atoms with van der Waals surface area (Å²) < 4.78 is 72.2. The van der Waals surface area contributed by atoms with Crippen LogP contribution < -0.4 is 11.2 Å². The lowest BCUT2D eigenvalue weighted by atomic mass is 10.1. The number of nitrogens with two attached hydrogens (primary N) is 1. The molecular weight excluding hydrogens is 1030 g/mol. The summed E-state index contributed by atoms with van der Waals surface area (Å²) in [6.07, 6.45) is 3.53. The van der Waals surface area contributed by atoms with Crippen molar-refractivity contribution in [3.63, 3.8) is 0 Å². The predicted octanol–water partition coefficient (Wildman–Crippen LogP) is 12.3. The number of hydrogen-bond donors (Lipinski definition) is 2. The lowest BCUT2D eigenvalue weighted by Gasteiger charge is -2.07. The van der Waals surface area contributed by atoms with E-state index in [9.17, 15) is 41.7 Å². The molecule has 0 saturated heterocycles. The van der Waals surface area contributed by atoms with E-state index in [4.69, 9.17) is 66.3 Å². The van der Waals surface area contributed by atoms with Crippen LogP contribution in [0, 0.1) is 17.5 Å². The number of benzene rings is 3. The number of fused-ring (bicyclic) bond motifs is 2. The number of aromatic nitrogens is 2. The van der Waals surface area contributed by atoms with Crippen molar-refractivity contribution in [3.05, 3.63) is 126 Å². The molecule has 0 aliphatic rings. The van der Waals surface area contributed by atoms with Crippen LogP contribution in [0.2, 0.25) is 20.1 Å². The quantitative estimate of drug-likeness (QED) is 0.0196. The van der Waals surface area contributed by atoms with E-state index >= 15 is 0 Å². The summed E-state index contributed by atoms with van der Waals surface area (Å²) in [4.78, 5) is 64.3. The Hall–Kier alpha value is -4.45. The number of ether oxygens (including phenoxy) is 5. The van der Waals surface area contributed by atoms with Gasteiger partial charge in [0, 0.05) is 34.9 Å². The van der Waals surface area contributed by atoms with E-state index in [1.165, 1.54) is 42.7 Å². The lowest BCUT2D eigenvalue weighted by Crippen LogP contribution is -2.18. The number of hydrogen-bond acceptors (Lipinski definition) is 13. The van der Waals surface area contributed by atoms with E-state index in [1.807, 2.05) is 0 Å². The number of carbonyl (C=O) groups is 4. The van der Waals surface area contributed by atoms with Gasteiger partial charge in [0.15, 0.2) is 5.57 Å². The Morgan fingerprint density at radius 3 is 1.65 bits per heavy atom. The van der Waals surface area contributed by atoms with Crippen molar-refractivity contribution in [1.82, 2.24) is 9.97 Å². The van der Waals surface area contributed by atoms with Crippen LogP contribution in [0.5, 0.6) is 0 Å². The number of aromatic amines is 1. The zero-order chi connectivity index (χ0) is 49.6. The molecular formula is C40H38Cl7F3N3O11P. The number of rotatable bonds is 10. The first kappa shape index (κ1) is 58.6. The van der Waals surface area contributed by atoms with Gasteiger partial charge >= 0.3 is 29.1 Å². The monoisotopic (exact) mass is 1070 g/mol. The number of halogens is 10. The third kappa shape index (κ3) is 20.3. The van der Waals surface area contributed by atoms with Gasteiger partial charge in [-0.05, 0) is 105 Å². The van der Waals surface area contributed by atoms with Crippen molar-refractivity contribution >= 4 is 137 Å². The summed E-state index contributed by atoms with van der Waals surface area (Å²) in [5.41, 5.74) is 5.46. The van der Waals surface area contributed by atoms with Crippen molar-refractivity contribution in [2.75, 3.05) is 38.8 Å². The van der Waals surface area contributed by atoms with Gasteiger partial charge in [0.2, 0.25) is 5.43 Å². The van der Waals surface area contributed by atoms with Crippen molar-refractivity contribution in [1.29, 1.82) is 0 Å². The second-order valence-electron chi connectivity index (χ2n) is 11.6. The van der Waals surface area contributed by atoms with Crippen LogP contribution in [0.15, 0.2) is 71.5 Å². The van der Waals surface area contributed by atoms with Crippen molar-refractivity contribution in [3.8, 4) is 0 Å². The Balaban J connectivity index is 0.000000428. The molecule has 5 aromatic rings. The van der Waals surface area contributed by atoms with Crippen LogP contribution in [0.1, 0.15) is 55.3 Å². The second kappa shape index (κ2) is 29.2. The van der Waals surface area contributed by atoms with E-state index in [1.54, 1.807) is 40.7 Å². The molecule has 354 valence electrons. The van der Waals surface area contributed by atoms with Gasteiger partial charge in [-0.1, -0.05) is 46.4 Å². The van der Waals surface area contributed by atoms with E-state index in [0.29, 0.717) is 23.2 Å². The van der Waals surface area contributed by atoms with Crippen molar-refractivity contribution in [2.45, 2.75) is 34.6 Å². The number of nitrogens with one attached hydrogen (secondary N) is 1. The Bertz CT molecular complexity index is 2570. The molecule has 65 heavy (non-hydrogen) atoms. The first-order valence-corrected chi connectivity index (χ1v) is 24.2. The summed E-state index contributed by atoms with van der Waals surface area (Å²) in [5, 5.41) is -2.66. The zero-order valence-corrected chi connectivity index (χ0v) is 40.7. The average Bonchev–Trinajstić information content (AvgIpc) is 3.22. The molecule has 0 atom stereocenters. The average molecular weight is 1070 g/mol. The SMILES string of the molecule is CCOC(=O)c1c[nH]c2cc(F)c(Cl)cc2c1=O.CCOC(=O)c1cnc2cc(F)c(Cl)cc2c1Cl.CCOC=C(C(=O)OCC)C(=O)OCC.Nc1ccc(Cl)c(F)c1.O=P(Cl)(Cl)Cl. The highest BCUT2D eigenvalue weighted by molar-refractivity contribution is 8.24. The van der Waals surface area contributed by atoms with E-state index in [2.05, 4.69) is 53.2 Å². The van der Waals surface area contributed by atoms with Crippen LogP contribution in [-0.4, -0.2) is 66.9 Å². The minimum atomic E-state index is -3.22. The highest BCUT2D eigenvalue weighted by atomic mass is 36.0. The minimum absolute atomic E-state index is 0.0767. The minimum Gasteiger partial charge on any atom is -0.500 e. The summed E-state index contributed by atoms with van der Waals surface area (Å²) in [6.45, 7) is 9.53. The summed E-state index contributed by atoms with van der Waals surface area (Å²) in [7, 11) is 0. The Morgan fingerprint density at radius 1 is 0.692 bits per heavy atom. The molecule has 3 N–H and O–H groups in total. The lowest BCUT2D eigenvalue weighted by molar-refractivity contribution is -0.146. The van der Waals surface area contributed by atoms with Crippen molar-refractivity contribution < 1.29 is 60.6 Å². The number of H-pyrrole nitrogens is 1. The molecule has 0 aliphatic carbocycles. The first-order valence-electron chi connectivity index (χ1n) is 18.3. The third-order valence-corrected chi connectivity index (χ3v) is 8.35. The fourth-order valence-electron chi connectivity index (χ4n) is 4.36. The van der Waals surface area contributed by atoms with Gasteiger partial charge in [-0.25, -0.2) is 32.3 Å². The molecule has 0 fully saturated rings.